The molecule has 68 heavy (non-hydrogen) atoms. The zero-order valence-electron chi connectivity index (χ0n) is 42.2. The number of hydrogen-bond donors (Lipinski definition) is 6. The minimum atomic E-state index is -1.11. The molecule has 0 unspecified atom stereocenters. The number of rotatable bonds is 29. The number of hydrogen-bond acceptors (Lipinski definition) is 12. The Labute approximate surface area is 402 Å². The first kappa shape index (κ1) is 58.2. The van der Waals surface area contributed by atoms with Gasteiger partial charge in [-0.15, -0.1) is 0 Å². The molecule has 0 spiro atoms. The number of esters is 2. The average molecular weight is 955 g/mol. The lowest BCUT2D eigenvalue weighted by Gasteiger charge is -2.28. The molecule has 0 aliphatic heterocycles. The number of amides is 6. The van der Waals surface area contributed by atoms with Crippen molar-refractivity contribution in [2.45, 2.75) is 163 Å². The van der Waals surface area contributed by atoms with Crippen LogP contribution in [0.5, 0.6) is 11.5 Å². The van der Waals surface area contributed by atoms with Crippen LogP contribution in [0.25, 0.3) is 10.8 Å². The van der Waals surface area contributed by atoms with Crippen LogP contribution in [-0.4, -0.2) is 104 Å². The first-order valence-corrected chi connectivity index (χ1v) is 23.7. The highest BCUT2D eigenvalue weighted by molar-refractivity contribution is 5.94. The molecular formula is C50H78N6O12. The summed E-state index contributed by atoms with van der Waals surface area (Å²) < 4.78 is 22.1. The highest BCUT2D eigenvalue weighted by Crippen LogP contribution is 2.26. The average Bonchev–Trinajstić information content (AvgIpc) is 3.24. The third-order valence-electron chi connectivity index (χ3n) is 10.5. The van der Waals surface area contributed by atoms with E-state index in [1.165, 1.54) is 7.11 Å². The van der Waals surface area contributed by atoms with Crippen LogP contribution in [-0.2, 0) is 47.8 Å². The number of nitrogens with two attached hydrogens (primary N) is 1. The molecule has 0 radical (unpaired) electrons. The summed E-state index contributed by atoms with van der Waals surface area (Å²) in [6.07, 6.45) is 1.22. The molecular weight excluding hydrogens is 877 g/mol. The van der Waals surface area contributed by atoms with Crippen molar-refractivity contribution in [2.75, 3.05) is 20.3 Å². The van der Waals surface area contributed by atoms with Gasteiger partial charge in [0.2, 0.25) is 35.4 Å². The van der Waals surface area contributed by atoms with E-state index in [1.807, 2.05) is 64.1 Å². The molecule has 5 atom stereocenters. The molecule has 0 fully saturated rings. The Morgan fingerprint density at radius 2 is 1.06 bits per heavy atom. The summed E-state index contributed by atoms with van der Waals surface area (Å²) in [6.45, 7) is 20.3. The normalized spacial score (nSPS) is 13.8. The zero-order chi connectivity index (χ0) is 51.3. The summed E-state index contributed by atoms with van der Waals surface area (Å²) in [5, 5.41) is 15.4. The van der Waals surface area contributed by atoms with Crippen molar-refractivity contribution in [3.63, 3.8) is 0 Å². The standard InChI is InChI=1S/C50H78N6O12/c1-29(2)25-38(45(51)60)53-46(61)37(21-22-42(59)68-50(9,10)11)52-40(57)15-13-23-66-35-19-17-33-18-20-36(28-34(33)27-35)67-24-14-16-41(58)55-43(31(5)6)48(63)54-39(26-30(3)4)47(62)56-44(32(7)8)49(64)65-12/h17-20,27-32,37-39,43-44H,13-16,21-26H2,1-12H3,(H2,51,60)(H,52,57)(H,53,61)(H,54,63)(H,55,58)(H,56,62)/t37-,38-,39-,43-,44-/m0/s1. The second kappa shape index (κ2) is 28.4. The van der Waals surface area contributed by atoms with Gasteiger partial charge < -0.3 is 51.3 Å². The van der Waals surface area contributed by atoms with Crippen molar-refractivity contribution >= 4 is 58.2 Å². The Morgan fingerprint density at radius 1 is 0.574 bits per heavy atom. The lowest BCUT2D eigenvalue weighted by molar-refractivity contribution is -0.155. The van der Waals surface area contributed by atoms with Crippen LogP contribution in [0.4, 0.5) is 0 Å². The van der Waals surface area contributed by atoms with E-state index in [0.717, 1.165) is 10.8 Å². The molecule has 0 aromatic heterocycles. The third-order valence-corrected chi connectivity index (χ3v) is 10.5. The summed E-state index contributed by atoms with van der Waals surface area (Å²) in [6, 6.07) is 6.33. The van der Waals surface area contributed by atoms with E-state index in [9.17, 15) is 38.4 Å². The first-order chi connectivity index (χ1) is 31.8. The van der Waals surface area contributed by atoms with Gasteiger partial charge in [-0.25, -0.2) is 4.79 Å². The molecule has 380 valence electrons. The van der Waals surface area contributed by atoms with E-state index in [0.29, 0.717) is 37.2 Å². The van der Waals surface area contributed by atoms with Crippen molar-refractivity contribution < 1.29 is 57.3 Å². The molecule has 0 saturated heterocycles. The number of primary amides is 1. The van der Waals surface area contributed by atoms with E-state index < -0.39 is 77.3 Å². The number of carbonyl (C=O) groups excluding carboxylic acids is 8. The highest BCUT2D eigenvalue weighted by Gasteiger charge is 2.33. The van der Waals surface area contributed by atoms with E-state index in [2.05, 4.69) is 26.6 Å². The summed E-state index contributed by atoms with van der Waals surface area (Å²) in [4.78, 5) is 103. The maximum absolute atomic E-state index is 13.5. The number of carbonyl (C=O) groups is 8. The van der Waals surface area contributed by atoms with Crippen LogP contribution in [0, 0.1) is 23.7 Å². The van der Waals surface area contributed by atoms with Gasteiger partial charge in [-0.3, -0.25) is 33.6 Å². The summed E-state index contributed by atoms with van der Waals surface area (Å²) in [5.41, 5.74) is 4.80. The Bertz CT molecular complexity index is 2010. The number of nitrogens with one attached hydrogen (secondary N) is 5. The molecule has 2 rings (SSSR count). The Morgan fingerprint density at radius 3 is 1.53 bits per heavy atom. The quantitative estimate of drug-likeness (QED) is 0.0476. The van der Waals surface area contributed by atoms with Gasteiger partial charge in [0.25, 0.3) is 0 Å². The van der Waals surface area contributed by atoms with E-state index in [-0.39, 0.29) is 68.5 Å². The van der Waals surface area contributed by atoms with Crippen LogP contribution in [0.3, 0.4) is 0 Å². The second-order valence-corrected chi connectivity index (χ2v) is 19.6. The van der Waals surface area contributed by atoms with E-state index in [1.54, 1.807) is 48.5 Å². The van der Waals surface area contributed by atoms with Crippen molar-refractivity contribution in [1.29, 1.82) is 0 Å². The van der Waals surface area contributed by atoms with Gasteiger partial charge in [0.15, 0.2) is 0 Å². The number of ether oxygens (including phenoxy) is 4. The third kappa shape index (κ3) is 21.8. The monoisotopic (exact) mass is 955 g/mol. The Balaban J connectivity index is 1.95. The van der Waals surface area contributed by atoms with Gasteiger partial charge in [-0.05, 0) is 112 Å². The van der Waals surface area contributed by atoms with Crippen molar-refractivity contribution in [3.05, 3.63) is 36.4 Å². The van der Waals surface area contributed by atoms with Crippen LogP contribution < -0.4 is 41.8 Å². The van der Waals surface area contributed by atoms with Gasteiger partial charge in [-0.2, -0.15) is 0 Å². The van der Waals surface area contributed by atoms with E-state index >= 15 is 0 Å². The molecule has 7 N–H and O–H groups in total. The first-order valence-electron chi connectivity index (χ1n) is 23.7. The fourth-order valence-corrected chi connectivity index (χ4v) is 7.03. The molecule has 0 bridgehead atoms. The lowest BCUT2D eigenvalue weighted by Crippen LogP contribution is -2.57. The predicted molar refractivity (Wildman–Crippen MR) is 258 cm³/mol. The molecule has 18 heteroatoms. The van der Waals surface area contributed by atoms with Gasteiger partial charge >= 0.3 is 11.9 Å². The Hall–Kier alpha value is -5.94. The second-order valence-electron chi connectivity index (χ2n) is 19.6. The molecule has 2 aromatic carbocycles. The van der Waals surface area contributed by atoms with Crippen LogP contribution in [0.15, 0.2) is 36.4 Å². The maximum Gasteiger partial charge on any atom is 0.328 e. The van der Waals surface area contributed by atoms with Crippen molar-refractivity contribution in [2.24, 2.45) is 29.4 Å². The number of benzene rings is 2. The minimum Gasteiger partial charge on any atom is -0.494 e. The van der Waals surface area contributed by atoms with Gasteiger partial charge in [0, 0.05) is 19.3 Å². The van der Waals surface area contributed by atoms with Crippen LogP contribution in [0.1, 0.15) is 128 Å². The summed E-state index contributed by atoms with van der Waals surface area (Å²) >= 11 is 0. The molecule has 0 heterocycles. The van der Waals surface area contributed by atoms with Gasteiger partial charge in [0.1, 0.15) is 47.3 Å². The van der Waals surface area contributed by atoms with Crippen LogP contribution >= 0.6 is 0 Å². The van der Waals surface area contributed by atoms with Crippen LogP contribution in [0.2, 0.25) is 0 Å². The minimum absolute atomic E-state index is 0.0204. The van der Waals surface area contributed by atoms with E-state index in [4.69, 9.17) is 24.7 Å². The summed E-state index contributed by atoms with van der Waals surface area (Å²) in [5.74, 6) is -3.54. The fraction of sp³-hybridized carbons (Fsp3) is 0.640. The van der Waals surface area contributed by atoms with Gasteiger partial charge in [-0.1, -0.05) is 67.5 Å². The number of fused-ring (bicyclic) bond motifs is 1. The molecule has 0 aliphatic carbocycles. The SMILES string of the molecule is COC(=O)[C@@H](NC(=O)[C@H](CC(C)C)NC(=O)[C@@H](NC(=O)CCCOc1ccc2ccc(OCCCC(=O)N[C@@H](CCC(=O)OC(C)(C)C)C(=O)N[C@@H](CC(C)C)C(N)=O)cc2c1)C(C)C)C(C)C. The molecule has 0 saturated carbocycles. The smallest absolute Gasteiger partial charge is 0.328 e. The topological polar surface area (TPSA) is 260 Å². The van der Waals surface area contributed by atoms with Gasteiger partial charge in [0.05, 0.1) is 20.3 Å². The molecule has 18 nitrogen and oxygen atoms in total. The van der Waals surface area contributed by atoms with Crippen molar-refractivity contribution in [3.8, 4) is 11.5 Å². The molecule has 2 aromatic rings. The molecule has 0 aliphatic rings. The van der Waals surface area contributed by atoms with Crippen molar-refractivity contribution in [1.82, 2.24) is 26.6 Å². The maximum atomic E-state index is 13.5. The predicted octanol–water partition coefficient (Wildman–Crippen LogP) is 4.77. The number of methoxy groups -OCH3 is 1. The molecule has 6 amide bonds. The largest absolute Gasteiger partial charge is 0.494 e. The fourth-order valence-electron chi connectivity index (χ4n) is 7.03. The lowest BCUT2D eigenvalue weighted by atomic mass is 9.98. The Kier molecular flexibility index (Phi) is 24.3. The summed E-state index contributed by atoms with van der Waals surface area (Å²) in [7, 11) is 1.25. The zero-order valence-corrected chi connectivity index (χ0v) is 42.2. The highest BCUT2D eigenvalue weighted by atomic mass is 16.6.